The summed E-state index contributed by atoms with van der Waals surface area (Å²) in [6.45, 7) is 4.37. The van der Waals surface area contributed by atoms with E-state index in [0.717, 1.165) is 12.0 Å². The summed E-state index contributed by atoms with van der Waals surface area (Å²) in [7, 11) is 0. The molecule has 1 aliphatic rings. The van der Waals surface area contributed by atoms with Gasteiger partial charge in [0.1, 0.15) is 5.82 Å². The third-order valence-electron chi connectivity index (χ3n) is 4.06. The third kappa shape index (κ3) is 2.42. The molecular weight excluding hydrogens is 235 g/mol. The largest absolute Gasteiger partial charge is 0.207 e. The molecule has 1 fully saturated rings. The van der Waals surface area contributed by atoms with Gasteiger partial charge in [-0.15, -0.1) is 0 Å². The number of halogens is 1. The fourth-order valence-electron chi connectivity index (χ4n) is 2.76. The van der Waals surface area contributed by atoms with Crippen molar-refractivity contribution in [2.45, 2.75) is 39.0 Å². The van der Waals surface area contributed by atoms with Crippen LogP contribution < -0.4 is 0 Å². The average Bonchev–Trinajstić information content (AvgIpc) is 3.24. The molecule has 0 N–H and O–H groups in total. The molecule has 0 aliphatic heterocycles. The van der Waals surface area contributed by atoms with Crippen molar-refractivity contribution in [1.82, 2.24) is 0 Å². The number of aryl methyl sites for hydroxylation is 2. The lowest BCUT2D eigenvalue weighted by Gasteiger charge is -2.14. The van der Waals surface area contributed by atoms with Crippen LogP contribution in [0.1, 0.15) is 42.4 Å². The van der Waals surface area contributed by atoms with Crippen LogP contribution in [0.15, 0.2) is 36.4 Å². The molecule has 0 amide bonds. The molecule has 0 heterocycles. The molecule has 2 aromatic carbocycles. The summed E-state index contributed by atoms with van der Waals surface area (Å²) in [5, 5.41) is 0. The molecule has 0 saturated heterocycles. The van der Waals surface area contributed by atoms with Gasteiger partial charge in [0.2, 0.25) is 0 Å². The lowest BCUT2D eigenvalue weighted by molar-refractivity contribution is 0.628. The number of hydrogen-bond acceptors (Lipinski definition) is 0. The second kappa shape index (κ2) is 4.80. The standard InChI is InChI=1S/C18H19F/c1-3-13-11-18(14-4-5-14)17(10-12(13)2)15-6-8-16(19)9-7-15/h6-11,14H,3-5H2,1-2H3. The van der Waals surface area contributed by atoms with E-state index in [1.54, 1.807) is 12.1 Å². The Bertz CT molecular complexity index is 592. The van der Waals surface area contributed by atoms with Crippen LogP contribution >= 0.6 is 0 Å². The summed E-state index contributed by atoms with van der Waals surface area (Å²) in [6.07, 6.45) is 3.66. The Hall–Kier alpha value is -1.63. The molecule has 0 radical (unpaired) electrons. The van der Waals surface area contributed by atoms with Crippen LogP contribution in [0.25, 0.3) is 11.1 Å². The van der Waals surface area contributed by atoms with Gasteiger partial charge in [0.15, 0.2) is 0 Å². The van der Waals surface area contributed by atoms with Crippen LogP contribution in [0.2, 0.25) is 0 Å². The highest BCUT2D eigenvalue weighted by atomic mass is 19.1. The number of hydrogen-bond donors (Lipinski definition) is 0. The summed E-state index contributed by atoms with van der Waals surface area (Å²) in [5.41, 5.74) is 6.65. The maximum Gasteiger partial charge on any atom is 0.123 e. The van der Waals surface area contributed by atoms with Crippen molar-refractivity contribution in [3.63, 3.8) is 0 Å². The van der Waals surface area contributed by atoms with E-state index in [1.165, 1.54) is 35.1 Å². The Labute approximate surface area is 114 Å². The molecule has 0 nitrogen and oxygen atoms in total. The maximum absolute atomic E-state index is 13.1. The van der Waals surface area contributed by atoms with Crippen LogP contribution in [-0.4, -0.2) is 0 Å². The van der Waals surface area contributed by atoms with Gasteiger partial charge in [-0.25, -0.2) is 4.39 Å². The topological polar surface area (TPSA) is 0 Å². The minimum atomic E-state index is -0.168. The van der Waals surface area contributed by atoms with Gasteiger partial charge in [-0.1, -0.05) is 31.2 Å². The summed E-state index contributed by atoms with van der Waals surface area (Å²) < 4.78 is 13.1. The second-order valence-electron chi connectivity index (χ2n) is 5.50. The van der Waals surface area contributed by atoms with Gasteiger partial charge in [0, 0.05) is 0 Å². The third-order valence-corrected chi connectivity index (χ3v) is 4.06. The van der Waals surface area contributed by atoms with Gasteiger partial charge in [0.05, 0.1) is 0 Å². The minimum Gasteiger partial charge on any atom is -0.207 e. The zero-order chi connectivity index (χ0) is 13.4. The molecular formula is C18H19F. The smallest absolute Gasteiger partial charge is 0.123 e. The Morgan fingerprint density at radius 3 is 2.37 bits per heavy atom. The van der Waals surface area contributed by atoms with E-state index in [0.29, 0.717) is 5.92 Å². The minimum absolute atomic E-state index is 0.168. The van der Waals surface area contributed by atoms with E-state index in [1.807, 2.05) is 12.1 Å². The van der Waals surface area contributed by atoms with E-state index < -0.39 is 0 Å². The molecule has 1 heteroatoms. The molecule has 0 unspecified atom stereocenters. The molecule has 19 heavy (non-hydrogen) atoms. The first-order valence-corrected chi connectivity index (χ1v) is 7.08. The normalized spacial score (nSPS) is 14.7. The van der Waals surface area contributed by atoms with Crippen molar-refractivity contribution in [1.29, 1.82) is 0 Å². The van der Waals surface area contributed by atoms with Gasteiger partial charge in [-0.3, -0.25) is 0 Å². The van der Waals surface area contributed by atoms with Crippen LogP contribution in [0.3, 0.4) is 0 Å². The molecule has 1 saturated carbocycles. The Morgan fingerprint density at radius 2 is 1.79 bits per heavy atom. The highest BCUT2D eigenvalue weighted by Crippen LogP contribution is 2.45. The summed E-state index contributed by atoms with van der Waals surface area (Å²) in [5.74, 6) is 0.546. The van der Waals surface area contributed by atoms with Gasteiger partial charge in [-0.05, 0) is 72.1 Å². The summed E-state index contributed by atoms with van der Waals surface area (Å²) >= 11 is 0. The second-order valence-corrected chi connectivity index (χ2v) is 5.50. The van der Waals surface area contributed by atoms with Crippen molar-refractivity contribution >= 4 is 0 Å². The van der Waals surface area contributed by atoms with Crippen molar-refractivity contribution in [3.05, 3.63) is 58.9 Å². The SMILES string of the molecule is CCc1cc(C2CC2)c(-c2ccc(F)cc2)cc1C. The Balaban J connectivity index is 2.13. The van der Waals surface area contributed by atoms with Gasteiger partial charge in [0.25, 0.3) is 0 Å². The summed E-state index contributed by atoms with van der Waals surface area (Å²) in [4.78, 5) is 0. The maximum atomic E-state index is 13.1. The van der Waals surface area contributed by atoms with Crippen LogP contribution in [-0.2, 0) is 6.42 Å². The zero-order valence-corrected chi connectivity index (χ0v) is 11.5. The van der Waals surface area contributed by atoms with E-state index >= 15 is 0 Å². The highest BCUT2D eigenvalue weighted by molar-refractivity contribution is 5.70. The molecule has 98 valence electrons. The molecule has 0 aromatic heterocycles. The lowest BCUT2D eigenvalue weighted by atomic mass is 9.91. The van der Waals surface area contributed by atoms with Gasteiger partial charge < -0.3 is 0 Å². The molecule has 2 aromatic rings. The van der Waals surface area contributed by atoms with Crippen LogP contribution in [0.4, 0.5) is 4.39 Å². The molecule has 0 atom stereocenters. The first-order valence-electron chi connectivity index (χ1n) is 7.08. The monoisotopic (exact) mass is 254 g/mol. The quantitative estimate of drug-likeness (QED) is 0.702. The lowest BCUT2D eigenvalue weighted by Crippen LogP contribution is -1.94. The van der Waals surface area contributed by atoms with Crippen molar-refractivity contribution in [2.24, 2.45) is 0 Å². The van der Waals surface area contributed by atoms with Crippen LogP contribution in [0, 0.1) is 12.7 Å². The Kier molecular flexibility index (Phi) is 3.14. The van der Waals surface area contributed by atoms with E-state index in [2.05, 4.69) is 26.0 Å². The fourth-order valence-corrected chi connectivity index (χ4v) is 2.76. The van der Waals surface area contributed by atoms with Crippen LogP contribution in [0.5, 0.6) is 0 Å². The summed E-state index contributed by atoms with van der Waals surface area (Å²) in [6, 6.07) is 11.5. The first kappa shape index (κ1) is 12.4. The molecule has 0 bridgehead atoms. The first-order chi connectivity index (χ1) is 9.19. The van der Waals surface area contributed by atoms with Crippen molar-refractivity contribution < 1.29 is 4.39 Å². The Morgan fingerprint density at radius 1 is 1.11 bits per heavy atom. The molecule has 1 aliphatic carbocycles. The number of benzene rings is 2. The van der Waals surface area contributed by atoms with Crippen molar-refractivity contribution in [2.75, 3.05) is 0 Å². The average molecular weight is 254 g/mol. The van der Waals surface area contributed by atoms with E-state index in [9.17, 15) is 4.39 Å². The molecule has 0 spiro atoms. The van der Waals surface area contributed by atoms with Gasteiger partial charge in [-0.2, -0.15) is 0 Å². The van der Waals surface area contributed by atoms with Gasteiger partial charge >= 0.3 is 0 Å². The predicted octanol–water partition coefficient (Wildman–Crippen LogP) is 5.24. The van der Waals surface area contributed by atoms with E-state index in [4.69, 9.17) is 0 Å². The number of rotatable bonds is 3. The highest BCUT2D eigenvalue weighted by Gasteiger charge is 2.27. The fraction of sp³-hybridized carbons (Fsp3) is 0.333. The zero-order valence-electron chi connectivity index (χ0n) is 11.5. The van der Waals surface area contributed by atoms with E-state index in [-0.39, 0.29) is 5.82 Å². The molecule has 3 rings (SSSR count). The predicted molar refractivity (Wildman–Crippen MR) is 77.9 cm³/mol. The van der Waals surface area contributed by atoms with Crippen molar-refractivity contribution in [3.8, 4) is 11.1 Å².